The van der Waals surface area contributed by atoms with Crippen LogP contribution in [0.15, 0.2) is 30.3 Å². The van der Waals surface area contributed by atoms with Crippen LogP contribution in [0.4, 0.5) is 0 Å². The zero-order valence-electron chi connectivity index (χ0n) is 6.69. The van der Waals surface area contributed by atoms with Crippen LogP contribution in [0, 0.1) is 0 Å². The molecule has 1 saturated heterocycles. The average Bonchev–Trinajstić information content (AvgIpc) is 2.01. The Bertz CT molecular complexity index is 464. The fraction of sp³-hybridized carbons (Fsp3) is 0. The molecule has 0 aliphatic carbocycles. The van der Waals surface area contributed by atoms with Gasteiger partial charge in [0, 0.05) is 0 Å². The van der Waals surface area contributed by atoms with Gasteiger partial charge in [-0.1, -0.05) is 18.2 Å². The Morgan fingerprint density at radius 2 is 1.71 bits per heavy atom. The van der Waals surface area contributed by atoms with Crippen LogP contribution in [0.1, 0.15) is 0 Å². The van der Waals surface area contributed by atoms with Gasteiger partial charge in [0.05, 0.1) is 0 Å². The lowest BCUT2D eigenvalue weighted by atomic mass is 10.3. The van der Waals surface area contributed by atoms with Crippen LogP contribution in [-0.4, -0.2) is 8.42 Å². The molecule has 6 nitrogen and oxygen atoms in total. The lowest BCUT2D eigenvalue weighted by molar-refractivity contribution is 0.224. The van der Waals surface area contributed by atoms with Gasteiger partial charge in [-0.25, -0.2) is 4.57 Å². The summed E-state index contributed by atoms with van der Waals surface area (Å²) in [6, 6.07) is 7.99. The number of phosphoric acid groups is 1. The standard InChI is InChI=1S/C6H5O6PS/c7-13(11-14(8,9)12-13)10-6-4-2-1-3-5-6/h1-5H. The first-order valence-corrected chi connectivity index (χ1v) is 6.31. The van der Waals surface area contributed by atoms with Crippen LogP contribution >= 0.6 is 7.82 Å². The molecule has 1 aromatic carbocycles. The van der Waals surface area contributed by atoms with Crippen LogP contribution < -0.4 is 4.52 Å². The molecular weight excluding hydrogens is 231 g/mol. The molecule has 1 aliphatic heterocycles. The minimum atomic E-state index is -4.10. The smallest absolute Gasteiger partial charge is 0.403 e. The highest BCUT2D eigenvalue weighted by Crippen LogP contribution is 2.60. The molecule has 0 bridgehead atoms. The van der Waals surface area contributed by atoms with Crippen molar-refractivity contribution in [2.45, 2.75) is 0 Å². The predicted molar refractivity (Wildman–Crippen MR) is 45.8 cm³/mol. The van der Waals surface area contributed by atoms with Crippen molar-refractivity contribution in [1.82, 2.24) is 0 Å². The average molecular weight is 236 g/mol. The van der Waals surface area contributed by atoms with Crippen molar-refractivity contribution in [3.05, 3.63) is 30.3 Å². The van der Waals surface area contributed by atoms with E-state index in [4.69, 9.17) is 4.52 Å². The molecule has 1 fully saturated rings. The van der Waals surface area contributed by atoms with Gasteiger partial charge in [0.1, 0.15) is 5.75 Å². The van der Waals surface area contributed by atoms with Gasteiger partial charge in [-0.15, -0.1) is 7.94 Å². The fourth-order valence-corrected chi connectivity index (χ4v) is 3.33. The van der Waals surface area contributed by atoms with E-state index in [9.17, 15) is 13.0 Å². The van der Waals surface area contributed by atoms with Crippen molar-refractivity contribution >= 4 is 18.2 Å². The van der Waals surface area contributed by atoms with E-state index in [-0.39, 0.29) is 5.75 Å². The molecule has 8 heteroatoms. The van der Waals surface area contributed by atoms with Gasteiger partial charge in [0.15, 0.2) is 0 Å². The van der Waals surface area contributed by atoms with Gasteiger partial charge in [0.2, 0.25) is 0 Å². The predicted octanol–water partition coefficient (Wildman–Crippen LogP) is 1.47. The van der Waals surface area contributed by atoms with Gasteiger partial charge in [-0.2, -0.15) is 8.42 Å². The van der Waals surface area contributed by atoms with Gasteiger partial charge in [-0.3, -0.25) is 0 Å². The Morgan fingerprint density at radius 3 is 2.21 bits per heavy atom. The van der Waals surface area contributed by atoms with E-state index in [1.165, 1.54) is 12.1 Å². The first-order valence-electron chi connectivity index (χ1n) is 3.51. The molecule has 0 saturated carbocycles. The maximum absolute atomic E-state index is 11.2. The summed E-state index contributed by atoms with van der Waals surface area (Å²) in [5.74, 6) is 0.214. The summed E-state index contributed by atoms with van der Waals surface area (Å²) < 4.78 is 44.7. The third-order valence-corrected chi connectivity index (χ3v) is 4.68. The Kier molecular flexibility index (Phi) is 2.11. The second-order valence-corrected chi connectivity index (χ2v) is 5.49. The molecule has 2 rings (SSSR count). The number of para-hydroxylation sites is 1. The number of benzene rings is 1. The zero-order valence-corrected chi connectivity index (χ0v) is 8.40. The SMILES string of the molecule is O=P1(Oc2ccccc2)OS(=O)(=O)O1. The van der Waals surface area contributed by atoms with E-state index in [0.29, 0.717) is 0 Å². The molecule has 1 aromatic rings. The number of hydrogen-bond acceptors (Lipinski definition) is 6. The van der Waals surface area contributed by atoms with E-state index in [1.54, 1.807) is 18.2 Å². The van der Waals surface area contributed by atoms with E-state index in [1.807, 2.05) is 0 Å². The molecule has 76 valence electrons. The largest absolute Gasteiger partial charge is 0.563 e. The van der Waals surface area contributed by atoms with E-state index in [0.717, 1.165) is 0 Å². The monoisotopic (exact) mass is 236 g/mol. The zero-order chi connectivity index (χ0) is 10.2. The molecule has 14 heavy (non-hydrogen) atoms. The minimum Gasteiger partial charge on any atom is -0.403 e. The molecular formula is C6H5O6PS. The maximum Gasteiger partial charge on any atom is 0.563 e. The second-order valence-electron chi connectivity index (χ2n) is 2.41. The van der Waals surface area contributed by atoms with Crippen LogP contribution in [0.3, 0.4) is 0 Å². The summed E-state index contributed by atoms with van der Waals surface area (Å²) in [5, 5.41) is 0. The maximum atomic E-state index is 11.2. The number of hydrogen-bond donors (Lipinski definition) is 0. The molecule has 0 atom stereocenters. The van der Waals surface area contributed by atoms with E-state index in [2.05, 4.69) is 7.94 Å². The summed E-state index contributed by atoms with van der Waals surface area (Å²) >= 11 is 0. The molecule has 0 radical (unpaired) electrons. The Labute approximate surface area is 80.4 Å². The highest BCUT2D eigenvalue weighted by Gasteiger charge is 2.52. The topological polar surface area (TPSA) is 78.9 Å². The van der Waals surface area contributed by atoms with Crippen molar-refractivity contribution in [1.29, 1.82) is 0 Å². The van der Waals surface area contributed by atoms with Crippen LogP contribution in [-0.2, 0) is 22.9 Å². The van der Waals surface area contributed by atoms with E-state index < -0.39 is 18.2 Å². The Morgan fingerprint density at radius 1 is 1.14 bits per heavy atom. The van der Waals surface area contributed by atoms with E-state index >= 15 is 0 Å². The van der Waals surface area contributed by atoms with Gasteiger partial charge < -0.3 is 4.52 Å². The third-order valence-electron chi connectivity index (χ3n) is 1.33. The first-order chi connectivity index (χ1) is 6.49. The molecule has 1 aliphatic rings. The molecule has 0 amide bonds. The summed E-state index contributed by atoms with van der Waals surface area (Å²) in [6.45, 7) is 0. The molecule has 1 heterocycles. The normalized spacial score (nSPS) is 22.3. The molecule has 0 unspecified atom stereocenters. The Balaban J connectivity index is 2.11. The minimum absolute atomic E-state index is 0.214. The van der Waals surface area contributed by atoms with Crippen molar-refractivity contribution in [2.75, 3.05) is 0 Å². The summed E-state index contributed by atoms with van der Waals surface area (Å²) in [5.41, 5.74) is 0. The van der Waals surface area contributed by atoms with Crippen LogP contribution in [0.2, 0.25) is 0 Å². The first kappa shape index (κ1) is 9.67. The van der Waals surface area contributed by atoms with Crippen LogP contribution in [0.5, 0.6) is 5.75 Å². The quantitative estimate of drug-likeness (QED) is 0.723. The lowest BCUT2D eigenvalue weighted by Gasteiger charge is -2.22. The molecule has 0 spiro atoms. The molecule has 0 N–H and O–H groups in total. The van der Waals surface area contributed by atoms with Crippen molar-refractivity contribution < 1.29 is 25.4 Å². The highest BCUT2D eigenvalue weighted by molar-refractivity contribution is 7.96. The van der Waals surface area contributed by atoms with Gasteiger partial charge >= 0.3 is 18.2 Å². The van der Waals surface area contributed by atoms with Crippen molar-refractivity contribution in [2.24, 2.45) is 0 Å². The molecule has 0 aromatic heterocycles. The fourth-order valence-electron chi connectivity index (χ4n) is 0.870. The van der Waals surface area contributed by atoms with Gasteiger partial charge in [0.25, 0.3) is 0 Å². The highest BCUT2D eigenvalue weighted by atomic mass is 32.3. The number of rotatable bonds is 2. The van der Waals surface area contributed by atoms with Crippen molar-refractivity contribution in [3.63, 3.8) is 0 Å². The summed E-state index contributed by atoms with van der Waals surface area (Å²) in [7, 11) is -8.02. The van der Waals surface area contributed by atoms with Crippen molar-refractivity contribution in [3.8, 4) is 5.75 Å². The summed E-state index contributed by atoms with van der Waals surface area (Å²) in [4.78, 5) is 0. The summed E-state index contributed by atoms with van der Waals surface area (Å²) in [6.07, 6.45) is 0. The third kappa shape index (κ3) is 1.96. The lowest BCUT2D eigenvalue weighted by Crippen LogP contribution is -2.21. The Hall–Kier alpha value is -0.880. The van der Waals surface area contributed by atoms with Crippen LogP contribution in [0.25, 0.3) is 0 Å². The van der Waals surface area contributed by atoms with Gasteiger partial charge in [-0.05, 0) is 12.1 Å². The second kappa shape index (κ2) is 3.06.